The third-order valence-electron chi connectivity index (χ3n) is 9.82. The number of ether oxygens (including phenoxy) is 1. The number of amides is 2. The number of nitrogens with zero attached hydrogens (tertiary/aromatic N) is 3. The van der Waals surface area contributed by atoms with E-state index in [2.05, 4.69) is 69.9 Å². The molecule has 1 atom stereocenters. The van der Waals surface area contributed by atoms with Crippen molar-refractivity contribution in [3.63, 3.8) is 0 Å². The van der Waals surface area contributed by atoms with Crippen LogP contribution in [0.15, 0.2) is 60.7 Å². The number of alkyl carbamates (subject to hydrolysis) is 1. The molecule has 1 saturated carbocycles. The Bertz CT molecular complexity index is 2050. The summed E-state index contributed by atoms with van der Waals surface area (Å²) in [4.78, 5) is 42.5. The summed E-state index contributed by atoms with van der Waals surface area (Å²) in [6.45, 7) is 6.13. The van der Waals surface area contributed by atoms with E-state index in [9.17, 15) is 14.7 Å². The highest BCUT2D eigenvalue weighted by Gasteiger charge is 2.49. The van der Waals surface area contributed by atoms with Gasteiger partial charge in [-0.15, -0.1) is 0 Å². The maximum Gasteiger partial charge on any atom is 0.408 e. The van der Waals surface area contributed by atoms with Gasteiger partial charge in [-0.2, -0.15) is 0 Å². The minimum Gasteiger partial charge on any atom is -0.465 e. The van der Waals surface area contributed by atoms with Crippen LogP contribution in [0.1, 0.15) is 81.8 Å². The second-order valence-corrected chi connectivity index (χ2v) is 14.4. The number of aromatic nitrogens is 4. The van der Waals surface area contributed by atoms with Crippen LogP contribution in [0, 0.1) is 0 Å². The number of carbonyl (C=O) groups excluding carboxylic acids is 1. The maximum atomic E-state index is 12.5. The van der Waals surface area contributed by atoms with Gasteiger partial charge >= 0.3 is 12.2 Å². The molecular formula is C38H40N6O4. The number of aryl methyl sites for hydroxylation is 2. The monoisotopic (exact) mass is 644 g/mol. The van der Waals surface area contributed by atoms with Gasteiger partial charge in [0.1, 0.15) is 22.8 Å². The Kier molecular flexibility index (Phi) is 7.08. The number of hydrogen-bond acceptors (Lipinski definition) is 5. The number of carboxylic acid groups (broad SMARTS) is 1. The summed E-state index contributed by atoms with van der Waals surface area (Å²) in [6.07, 6.45) is 4.85. The topological polar surface area (TPSA) is 136 Å². The number of H-pyrrole nitrogens is 2. The highest BCUT2D eigenvalue weighted by Crippen LogP contribution is 2.45. The van der Waals surface area contributed by atoms with Gasteiger partial charge in [-0.25, -0.2) is 19.6 Å². The Labute approximate surface area is 279 Å². The van der Waals surface area contributed by atoms with Crippen molar-refractivity contribution < 1.29 is 19.4 Å². The molecule has 2 amide bonds. The smallest absolute Gasteiger partial charge is 0.408 e. The van der Waals surface area contributed by atoms with E-state index in [-0.39, 0.29) is 6.04 Å². The second kappa shape index (κ2) is 11.2. The summed E-state index contributed by atoms with van der Waals surface area (Å²) in [6, 6.07) is 21.3. The number of rotatable bonds is 5. The van der Waals surface area contributed by atoms with Crippen molar-refractivity contribution >= 4 is 23.2 Å². The van der Waals surface area contributed by atoms with Crippen LogP contribution in [-0.2, 0) is 23.1 Å². The van der Waals surface area contributed by atoms with Crippen molar-refractivity contribution in [3.05, 3.63) is 83.6 Å². The lowest BCUT2D eigenvalue weighted by Gasteiger charge is -2.22. The standard InChI is InChI=1S/C38H40N6O4/c1-37(2,3)48-35(45)43-38(17-18-38)34-40-28-16-14-25(21-30(28)41-34)23-11-9-22(10-12-23)24-13-15-27-26(20-24)6-4-7-29-32(27)42-33(39-29)31-8-5-19-44(31)36(46)47/h9-16,20-21,31H,4-8,17-19H2,1-3H3,(H,39,42)(H,40,41)(H,43,45)(H,46,47). The average Bonchev–Trinajstić information content (AvgIpc) is 3.38. The van der Waals surface area contributed by atoms with E-state index < -0.39 is 23.3 Å². The first-order valence-electron chi connectivity index (χ1n) is 16.9. The third kappa shape index (κ3) is 5.59. The molecule has 1 unspecified atom stereocenters. The predicted octanol–water partition coefficient (Wildman–Crippen LogP) is 8.10. The molecule has 3 aromatic carbocycles. The van der Waals surface area contributed by atoms with Crippen molar-refractivity contribution in [1.82, 2.24) is 30.2 Å². The molecule has 8 rings (SSSR count). The number of aromatic amines is 2. The van der Waals surface area contributed by atoms with Gasteiger partial charge in [0.25, 0.3) is 0 Å². The average molecular weight is 645 g/mol. The van der Waals surface area contributed by atoms with Crippen LogP contribution < -0.4 is 5.32 Å². The highest BCUT2D eigenvalue weighted by molar-refractivity contribution is 5.83. The lowest BCUT2D eigenvalue weighted by atomic mass is 9.95. The SMILES string of the molecule is CC(C)(C)OC(=O)NC1(c2nc3ccc(-c4ccc(-c5ccc6c(c5)CCCc5[nH]c(C7CCCN7C(=O)O)nc5-6)cc4)cc3[nH]2)CC1. The molecule has 48 heavy (non-hydrogen) atoms. The Morgan fingerprint density at radius 2 is 1.62 bits per heavy atom. The molecular weight excluding hydrogens is 604 g/mol. The number of imidazole rings is 2. The fourth-order valence-corrected chi connectivity index (χ4v) is 7.25. The van der Waals surface area contributed by atoms with Gasteiger partial charge in [-0.1, -0.05) is 48.5 Å². The van der Waals surface area contributed by atoms with Crippen molar-refractivity contribution in [2.24, 2.45) is 0 Å². The van der Waals surface area contributed by atoms with E-state index in [4.69, 9.17) is 14.7 Å². The van der Waals surface area contributed by atoms with Gasteiger partial charge in [0.05, 0.1) is 22.8 Å². The summed E-state index contributed by atoms with van der Waals surface area (Å²) in [5.74, 6) is 1.53. The van der Waals surface area contributed by atoms with Crippen molar-refractivity contribution in [3.8, 4) is 33.5 Å². The molecule has 3 aliphatic rings. The van der Waals surface area contributed by atoms with Crippen molar-refractivity contribution in [2.75, 3.05) is 6.54 Å². The number of fused-ring (bicyclic) bond motifs is 4. The zero-order valence-electron chi connectivity index (χ0n) is 27.5. The summed E-state index contributed by atoms with van der Waals surface area (Å²) in [7, 11) is 0. The van der Waals surface area contributed by atoms with E-state index >= 15 is 0 Å². The van der Waals surface area contributed by atoms with Gasteiger partial charge in [-0.05, 0) is 106 Å². The Morgan fingerprint density at radius 1 is 0.917 bits per heavy atom. The molecule has 3 heterocycles. The Balaban J connectivity index is 1.01. The van der Waals surface area contributed by atoms with Crippen LogP contribution in [-0.4, -0.2) is 54.3 Å². The maximum absolute atomic E-state index is 12.5. The largest absolute Gasteiger partial charge is 0.465 e. The van der Waals surface area contributed by atoms with E-state index in [0.29, 0.717) is 6.54 Å². The van der Waals surface area contributed by atoms with Crippen LogP contribution in [0.25, 0.3) is 44.5 Å². The Hall–Kier alpha value is -5.12. The zero-order valence-corrected chi connectivity index (χ0v) is 27.5. The van der Waals surface area contributed by atoms with E-state index in [0.717, 1.165) is 107 Å². The predicted molar refractivity (Wildman–Crippen MR) is 184 cm³/mol. The molecule has 10 heteroatoms. The first-order chi connectivity index (χ1) is 23.0. The normalized spacial score (nSPS) is 18.2. The van der Waals surface area contributed by atoms with Crippen LogP contribution in [0.2, 0.25) is 0 Å². The van der Waals surface area contributed by atoms with Crippen LogP contribution >= 0.6 is 0 Å². The summed E-state index contributed by atoms with van der Waals surface area (Å²) in [5, 5.41) is 12.7. The fraction of sp³-hybridized carbons (Fsp3) is 0.368. The molecule has 246 valence electrons. The molecule has 0 spiro atoms. The molecule has 0 radical (unpaired) electrons. The quantitative estimate of drug-likeness (QED) is 0.153. The lowest BCUT2D eigenvalue weighted by Crippen LogP contribution is -2.39. The number of hydrogen-bond donors (Lipinski definition) is 4. The first-order valence-corrected chi connectivity index (χ1v) is 16.9. The molecule has 10 nitrogen and oxygen atoms in total. The lowest BCUT2D eigenvalue weighted by molar-refractivity contribution is 0.0492. The summed E-state index contributed by atoms with van der Waals surface area (Å²) < 4.78 is 5.49. The second-order valence-electron chi connectivity index (χ2n) is 14.4. The number of benzene rings is 3. The molecule has 1 aliphatic heterocycles. The molecule has 4 N–H and O–H groups in total. The number of nitrogens with one attached hydrogen (secondary N) is 3. The van der Waals surface area contributed by atoms with Crippen LogP contribution in [0.5, 0.6) is 0 Å². The zero-order chi connectivity index (χ0) is 33.2. The highest BCUT2D eigenvalue weighted by atomic mass is 16.6. The van der Waals surface area contributed by atoms with Gasteiger partial charge in [0.15, 0.2) is 0 Å². The third-order valence-corrected chi connectivity index (χ3v) is 9.82. The molecule has 5 aromatic rings. The van der Waals surface area contributed by atoms with Gasteiger partial charge < -0.3 is 25.1 Å². The molecule has 1 saturated heterocycles. The first kappa shape index (κ1) is 30.2. The van der Waals surface area contributed by atoms with E-state index in [1.807, 2.05) is 26.8 Å². The number of likely N-dealkylation sites (tertiary alicyclic amines) is 1. The van der Waals surface area contributed by atoms with Gasteiger partial charge in [0, 0.05) is 17.8 Å². The van der Waals surface area contributed by atoms with E-state index in [1.54, 1.807) is 0 Å². The molecule has 0 bridgehead atoms. The minimum atomic E-state index is -0.882. The van der Waals surface area contributed by atoms with Crippen molar-refractivity contribution in [2.45, 2.75) is 82.9 Å². The molecule has 2 aliphatic carbocycles. The number of carbonyl (C=O) groups is 2. The molecule has 2 aromatic heterocycles. The van der Waals surface area contributed by atoms with Gasteiger partial charge in [-0.3, -0.25) is 4.90 Å². The van der Waals surface area contributed by atoms with Gasteiger partial charge in [0.2, 0.25) is 0 Å². The summed E-state index contributed by atoms with van der Waals surface area (Å²) >= 11 is 0. The van der Waals surface area contributed by atoms with Crippen LogP contribution in [0.4, 0.5) is 9.59 Å². The fourth-order valence-electron chi connectivity index (χ4n) is 7.25. The van der Waals surface area contributed by atoms with Crippen molar-refractivity contribution in [1.29, 1.82) is 0 Å². The molecule has 2 fully saturated rings. The Morgan fingerprint density at radius 3 is 2.33 bits per heavy atom. The minimum absolute atomic E-state index is 0.206. The summed E-state index contributed by atoms with van der Waals surface area (Å²) in [5.41, 5.74) is 9.69. The van der Waals surface area contributed by atoms with Crippen LogP contribution in [0.3, 0.4) is 0 Å². The van der Waals surface area contributed by atoms with E-state index in [1.165, 1.54) is 10.5 Å².